The van der Waals surface area contributed by atoms with Crippen molar-refractivity contribution in [1.29, 1.82) is 0 Å². The minimum Gasteiger partial charge on any atom is -0.397 e. The third-order valence-corrected chi connectivity index (χ3v) is 3.12. The third-order valence-electron chi connectivity index (χ3n) is 3.12. The quantitative estimate of drug-likeness (QED) is 0.622. The molecule has 0 radical (unpaired) electrons. The van der Waals surface area contributed by atoms with Crippen molar-refractivity contribution in [3.63, 3.8) is 0 Å². The zero-order valence-electron chi connectivity index (χ0n) is 11.0. The number of benzene rings is 1. The number of carbonyl (C=O) groups excluding carboxylic acids is 1. The van der Waals surface area contributed by atoms with Crippen molar-refractivity contribution in [3.05, 3.63) is 64.7 Å². The van der Waals surface area contributed by atoms with E-state index in [-0.39, 0.29) is 11.0 Å². The van der Waals surface area contributed by atoms with Crippen molar-refractivity contribution in [2.24, 2.45) is 0 Å². The lowest BCUT2D eigenvalue weighted by Crippen LogP contribution is -2.21. The molecule has 1 aromatic carbocycles. The first-order chi connectivity index (χ1) is 10.2. The van der Waals surface area contributed by atoms with Crippen LogP contribution in [0.4, 0.5) is 11.4 Å². The predicted molar refractivity (Wildman–Crippen MR) is 81.2 cm³/mol. The maximum atomic E-state index is 12.2. The first-order valence-corrected chi connectivity index (χ1v) is 6.28. The van der Waals surface area contributed by atoms with Crippen LogP contribution < -0.4 is 16.5 Å². The van der Waals surface area contributed by atoms with Crippen LogP contribution in [0.15, 0.2) is 53.7 Å². The Balaban J connectivity index is 2.03. The van der Waals surface area contributed by atoms with Gasteiger partial charge >= 0.3 is 0 Å². The molecule has 3 rings (SSSR count). The van der Waals surface area contributed by atoms with Crippen LogP contribution in [-0.4, -0.2) is 15.9 Å². The lowest BCUT2D eigenvalue weighted by Gasteiger charge is -2.09. The van der Waals surface area contributed by atoms with Crippen molar-refractivity contribution in [3.8, 4) is 0 Å². The molecule has 6 nitrogen and oxygen atoms in total. The van der Waals surface area contributed by atoms with Gasteiger partial charge in [-0.05, 0) is 24.3 Å². The highest BCUT2D eigenvalue weighted by atomic mass is 16.2. The van der Waals surface area contributed by atoms with Gasteiger partial charge < -0.3 is 16.0 Å². The summed E-state index contributed by atoms with van der Waals surface area (Å²) in [6, 6.07) is 8.22. The maximum absolute atomic E-state index is 12.2. The van der Waals surface area contributed by atoms with Crippen molar-refractivity contribution in [2.45, 2.75) is 0 Å². The van der Waals surface area contributed by atoms with E-state index in [9.17, 15) is 9.59 Å². The molecule has 0 saturated heterocycles. The molecular weight excluding hydrogens is 268 g/mol. The molecule has 4 N–H and O–H groups in total. The molecule has 0 spiro atoms. The number of amides is 1. The molecule has 0 aliphatic rings. The van der Waals surface area contributed by atoms with Gasteiger partial charge in [-0.2, -0.15) is 0 Å². The highest BCUT2D eigenvalue weighted by Gasteiger charge is 2.12. The number of hydrogen-bond acceptors (Lipinski definition) is 4. The Morgan fingerprint density at radius 2 is 2.10 bits per heavy atom. The van der Waals surface area contributed by atoms with E-state index < -0.39 is 5.91 Å². The van der Waals surface area contributed by atoms with Gasteiger partial charge in [-0.1, -0.05) is 0 Å². The highest BCUT2D eigenvalue weighted by Crippen LogP contribution is 2.26. The second kappa shape index (κ2) is 5.09. The lowest BCUT2D eigenvalue weighted by molar-refractivity contribution is 0.102. The SMILES string of the molecule is Nc1ccc(NC(=O)c2c[nH]ccc2=O)c2cccnc12. The average molecular weight is 280 g/mol. The van der Waals surface area contributed by atoms with E-state index in [0.717, 1.165) is 5.39 Å². The average Bonchev–Trinajstić information content (AvgIpc) is 2.51. The largest absolute Gasteiger partial charge is 0.397 e. The number of aromatic amines is 1. The molecule has 0 aliphatic carbocycles. The fourth-order valence-electron chi connectivity index (χ4n) is 2.09. The normalized spacial score (nSPS) is 10.5. The molecule has 21 heavy (non-hydrogen) atoms. The molecule has 104 valence electrons. The molecule has 0 fully saturated rings. The number of rotatable bonds is 2. The van der Waals surface area contributed by atoms with Crippen molar-refractivity contribution in [1.82, 2.24) is 9.97 Å². The van der Waals surface area contributed by atoms with Gasteiger partial charge in [0.05, 0.1) is 16.9 Å². The highest BCUT2D eigenvalue weighted by molar-refractivity contribution is 6.09. The standard InChI is InChI=1S/C15H12N4O2/c16-11-3-4-12(9-2-1-6-18-14(9)11)19-15(21)10-8-17-7-5-13(10)20/h1-8H,16H2,(H,17,20)(H,19,21). The summed E-state index contributed by atoms with van der Waals surface area (Å²) < 4.78 is 0. The van der Waals surface area contributed by atoms with Gasteiger partial charge in [-0.3, -0.25) is 14.6 Å². The summed E-state index contributed by atoms with van der Waals surface area (Å²) in [4.78, 5) is 30.8. The number of nitrogen functional groups attached to an aromatic ring is 1. The number of fused-ring (bicyclic) bond motifs is 1. The summed E-state index contributed by atoms with van der Waals surface area (Å²) >= 11 is 0. The van der Waals surface area contributed by atoms with Gasteiger partial charge in [0, 0.05) is 30.0 Å². The molecule has 2 aromatic heterocycles. The third kappa shape index (κ3) is 2.34. The van der Waals surface area contributed by atoms with E-state index in [1.807, 2.05) is 6.07 Å². The van der Waals surface area contributed by atoms with Crippen LogP contribution in [0.5, 0.6) is 0 Å². The predicted octanol–water partition coefficient (Wildman–Crippen LogP) is 1.76. The first kappa shape index (κ1) is 12.9. The summed E-state index contributed by atoms with van der Waals surface area (Å²) in [6.07, 6.45) is 4.48. The van der Waals surface area contributed by atoms with Gasteiger partial charge in [0.2, 0.25) is 0 Å². The number of pyridine rings is 2. The van der Waals surface area contributed by atoms with E-state index in [1.54, 1.807) is 24.4 Å². The molecule has 2 heterocycles. The second-order valence-corrected chi connectivity index (χ2v) is 4.48. The van der Waals surface area contributed by atoms with Crippen LogP contribution in [0, 0.1) is 0 Å². The summed E-state index contributed by atoms with van der Waals surface area (Å²) in [5.41, 5.74) is 7.26. The van der Waals surface area contributed by atoms with Crippen LogP contribution in [0.2, 0.25) is 0 Å². The first-order valence-electron chi connectivity index (χ1n) is 6.28. The molecule has 1 amide bonds. The van der Waals surface area contributed by atoms with E-state index in [1.165, 1.54) is 18.5 Å². The van der Waals surface area contributed by atoms with Crippen molar-refractivity contribution in [2.75, 3.05) is 11.1 Å². The zero-order chi connectivity index (χ0) is 14.8. The van der Waals surface area contributed by atoms with E-state index in [0.29, 0.717) is 16.9 Å². The molecular formula is C15H12N4O2. The number of nitrogens with one attached hydrogen (secondary N) is 2. The van der Waals surface area contributed by atoms with Crippen LogP contribution in [0.3, 0.4) is 0 Å². The number of H-pyrrole nitrogens is 1. The molecule has 0 unspecified atom stereocenters. The Bertz CT molecular complexity index is 886. The lowest BCUT2D eigenvalue weighted by atomic mass is 10.1. The molecule has 6 heteroatoms. The monoisotopic (exact) mass is 280 g/mol. The molecule has 0 atom stereocenters. The van der Waals surface area contributed by atoms with E-state index in [4.69, 9.17) is 5.73 Å². The van der Waals surface area contributed by atoms with Crippen molar-refractivity contribution >= 4 is 28.2 Å². The Morgan fingerprint density at radius 1 is 1.24 bits per heavy atom. The summed E-state index contributed by atoms with van der Waals surface area (Å²) in [5.74, 6) is -0.480. The molecule has 0 saturated carbocycles. The van der Waals surface area contributed by atoms with Gasteiger partial charge in [0.25, 0.3) is 5.91 Å². The van der Waals surface area contributed by atoms with Gasteiger partial charge in [-0.25, -0.2) is 0 Å². The number of carbonyl (C=O) groups is 1. The molecule has 0 aliphatic heterocycles. The maximum Gasteiger partial charge on any atom is 0.261 e. The van der Waals surface area contributed by atoms with Crippen LogP contribution in [0.25, 0.3) is 10.9 Å². The van der Waals surface area contributed by atoms with E-state index >= 15 is 0 Å². The van der Waals surface area contributed by atoms with Crippen LogP contribution >= 0.6 is 0 Å². The van der Waals surface area contributed by atoms with Gasteiger partial charge in [0.1, 0.15) is 5.56 Å². The Labute approximate surface area is 119 Å². The second-order valence-electron chi connectivity index (χ2n) is 4.48. The number of hydrogen-bond donors (Lipinski definition) is 3. The van der Waals surface area contributed by atoms with E-state index in [2.05, 4.69) is 15.3 Å². The minimum absolute atomic E-state index is 0.0476. The fraction of sp³-hybridized carbons (Fsp3) is 0. The van der Waals surface area contributed by atoms with Crippen molar-refractivity contribution < 1.29 is 4.79 Å². The Hall–Kier alpha value is -3.15. The topological polar surface area (TPSA) is 101 Å². The number of nitrogens with zero attached hydrogens (tertiary/aromatic N) is 1. The summed E-state index contributed by atoms with van der Waals surface area (Å²) in [5, 5.41) is 3.44. The fourth-order valence-corrected chi connectivity index (χ4v) is 2.09. The molecule has 0 bridgehead atoms. The van der Waals surface area contributed by atoms with Gasteiger partial charge in [-0.15, -0.1) is 0 Å². The number of anilines is 2. The smallest absolute Gasteiger partial charge is 0.261 e. The van der Waals surface area contributed by atoms with Crippen LogP contribution in [-0.2, 0) is 0 Å². The van der Waals surface area contributed by atoms with Crippen LogP contribution in [0.1, 0.15) is 10.4 Å². The van der Waals surface area contributed by atoms with Gasteiger partial charge in [0.15, 0.2) is 5.43 Å². The minimum atomic E-state index is -0.480. The summed E-state index contributed by atoms with van der Waals surface area (Å²) in [7, 11) is 0. The number of aromatic nitrogens is 2. The zero-order valence-corrected chi connectivity index (χ0v) is 11.0. The summed E-state index contributed by atoms with van der Waals surface area (Å²) in [6.45, 7) is 0. The number of nitrogens with two attached hydrogens (primary N) is 1. The molecule has 3 aromatic rings. The Kier molecular flexibility index (Phi) is 3.12. The Morgan fingerprint density at radius 3 is 2.90 bits per heavy atom.